The predicted octanol–water partition coefficient (Wildman–Crippen LogP) is 3.47. The number of sulfonamides is 1. The van der Waals surface area contributed by atoms with Gasteiger partial charge in [-0.05, 0) is 63.1 Å². The summed E-state index contributed by atoms with van der Waals surface area (Å²) in [6.07, 6.45) is 1.04. The summed E-state index contributed by atoms with van der Waals surface area (Å²) < 4.78 is 32.7. The zero-order valence-electron chi connectivity index (χ0n) is 20.3. The van der Waals surface area contributed by atoms with Crippen molar-refractivity contribution in [3.8, 4) is 5.75 Å². The summed E-state index contributed by atoms with van der Waals surface area (Å²) in [7, 11) is -2.40. The smallest absolute Gasteiger partial charge is 0.244 e. The first-order valence-corrected chi connectivity index (χ1v) is 13.4. The minimum absolute atomic E-state index is 0.109. The number of carbonyl (C=O) groups excluding carboxylic acids is 2. The molecule has 186 valence electrons. The molecule has 0 saturated carbocycles. The third kappa shape index (κ3) is 7.46. The van der Waals surface area contributed by atoms with Gasteiger partial charge in [0, 0.05) is 17.1 Å². The number of anilines is 1. The third-order valence-electron chi connectivity index (χ3n) is 5.12. The van der Waals surface area contributed by atoms with Crippen molar-refractivity contribution in [2.75, 3.05) is 24.2 Å². The third-order valence-corrected chi connectivity index (χ3v) is 6.74. The van der Waals surface area contributed by atoms with Crippen LogP contribution in [0, 0.1) is 6.92 Å². The molecule has 34 heavy (non-hydrogen) atoms. The summed E-state index contributed by atoms with van der Waals surface area (Å²) in [6.45, 7) is 6.77. The number of hydrogen-bond acceptors (Lipinski definition) is 5. The van der Waals surface area contributed by atoms with Gasteiger partial charge in [0.2, 0.25) is 21.8 Å². The summed E-state index contributed by atoms with van der Waals surface area (Å²) in [5.74, 6) is -0.509. The molecule has 0 saturated heterocycles. The number of amides is 2. The molecule has 0 aliphatic heterocycles. The topological polar surface area (TPSA) is 96.0 Å². The van der Waals surface area contributed by atoms with Crippen LogP contribution in [0.25, 0.3) is 0 Å². The number of halogens is 1. The normalized spacial score (nSPS) is 12.2. The van der Waals surface area contributed by atoms with Crippen LogP contribution in [0.3, 0.4) is 0 Å². The molecule has 1 atom stereocenters. The van der Waals surface area contributed by atoms with Gasteiger partial charge in [0.05, 0.1) is 19.1 Å². The number of nitrogens with zero attached hydrogens (tertiary/aromatic N) is 2. The van der Waals surface area contributed by atoms with E-state index in [0.29, 0.717) is 5.75 Å². The second kappa shape index (κ2) is 11.7. The van der Waals surface area contributed by atoms with E-state index in [9.17, 15) is 18.0 Å². The molecule has 2 aromatic rings. The second-order valence-corrected chi connectivity index (χ2v) is 11.3. The van der Waals surface area contributed by atoms with Crippen LogP contribution in [-0.4, -0.2) is 57.1 Å². The Kier molecular flexibility index (Phi) is 9.52. The monoisotopic (exact) mass is 553 g/mol. The summed E-state index contributed by atoms with van der Waals surface area (Å²) >= 11 is 3.42. The van der Waals surface area contributed by atoms with Crippen LogP contribution in [0.5, 0.6) is 5.75 Å². The van der Waals surface area contributed by atoms with E-state index in [1.807, 2.05) is 45.0 Å². The standard InChI is InChI=1S/C24H32BrN3O5S/c1-16(2)26-24(30)18(4)27(14-19-8-7-9-20(25)13-19)23(29)15-28(34(6,31)32)21-12-17(3)10-11-22(21)33-5/h7-13,16,18H,14-15H2,1-6H3,(H,26,30). The predicted molar refractivity (Wildman–Crippen MR) is 137 cm³/mol. The molecule has 2 rings (SSSR count). The fourth-order valence-electron chi connectivity index (χ4n) is 3.41. The van der Waals surface area contributed by atoms with Crippen LogP contribution < -0.4 is 14.4 Å². The van der Waals surface area contributed by atoms with Gasteiger partial charge in [-0.1, -0.05) is 34.1 Å². The molecule has 0 radical (unpaired) electrons. The first-order chi connectivity index (χ1) is 15.8. The summed E-state index contributed by atoms with van der Waals surface area (Å²) in [4.78, 5) is 27.7. The quantitative estimate of drug-likeness (QED) is 0.486. The van der Waals surface area contributed by atoms with E-state index in [2.05, 4.69) is 21.2 Å². The lowest BCUT2D eigenvalue weighted by Gasteiger charge is -2.32. The van der Waals surface area contributed by atoms with E-state index in [4.69, 9.17) is 4.74 Å². The number of carbonyl (C=O) groups is 2. The first-order valence-electron chi connectivity index (χ1n) is 10.8. The molecule has 10 heteroatoms. The molecule has 8 nitrogen and oxygen atoms in total. The Morgan fingerprint density at radius 2 is 1.79 bits per heavy atom. The van der Waals surface area contributed by atoms with Gasteiger partial charge in [-0.15, -0.1) is 0 Å². The van der Waals surface area contributed by atoms with Gasteiger partial charge in [0.15, 0.2) is 0 Å². The molecule has 0 heterocycles. The average molecular weight is 555 g/mol. The number of hydrogen-bond donors (Lipinski definition) is 1. The van der Waals surface area contributed by atoms with E-state index in [-0.39, 0.29) is 24.2 Å². The Morgan fingerprint density at radius 1 is 1.12 bits per heavy atom. The van der Waals surface area contributed by atoms with Gasteiger partial charge in [-0.25, -0.2) is 8.42 Å². The van der Waals surface area contributed by atoms with E-state index in [1.54, 1.807) is 25.1 Å². The lowest BCUT2D eigenvalue weighted by Crippen LogP contribution is -2.52. The summed E-state index contributed by atoms with van der Waals surface area (Å²) in [5.41, 5.74) is 1.87. The molecule has 0 aromatic heterocycles. The Bertz CT molecular complexity index is 1140. The number of benzene rings is 2. The van der Waals surface area contributed by atoms with Crippen molar-refractivity contribution in [1.82, 2.24) is 10.2 Å². The van der Waals surface area contributed by atoms with Crippen LogP contribution in [0.2, 0.25) is 0 Å². The first kappa shape index (κ1) is 27.7. The van der Waals surface area contributed by atoms with Gasteiger partial charge < -0.3 is 15.0 Å². The summed E-state index contributed by atoms with van der Waals surface area (Å²) in [5, 5.41) is 2.82. The Hall–Kier alpha value is -2.59. The van der Waals surface area contributed by atoms with Crippen molar-refractivity contribution in [2.45, 2.75) is 46.3 Å². The molecule has 1 unspecified atom stereocenters. The maximum Gasteiger partial charge on any atom is 0.244 e. The molecule has 2 aromatic carbocycles. The maximum absolute atomic E-state index is 13.6. The van der Waals surface area contributed by atoms with Crippen molar-refractivity contribution in [1.29, 1.82) is 0 Å². The average Bonchev–Trinajstić information content (AvgIpc) is 2.74. The minimum Gasteiger partial charge on any atom is -0.495 e. The van der Waals surface area contributed by atoms with E-state index in [1.165, 1.54) is 12.0 Å². The SMILES string of the molecule is COc1ccc(C)cc1N(CC(=O)N(Cc1cccc(Br)c1)C(C)C(=O)NC(C)C)S(C)(=O)=O. The van der Waals surface area contributed by atoms with Crippen LogP contribution in [0.15, 0.2) is 46.9 Å². The second-order valence-electron chi connectivity index (χ2n) is 8.44. The number of rotatable bonds is 10. The van der Waals surface area contributed by atoms with Crippen molar-refractivity contribution >= 4 is 43.5 Å². The Balaban J connectivity index is 2.47. The highest BCUT2D eigenvalue weighted by molar-refractivity contribution is 9.10. The molecule has 0 aliphatic rings. The van der Waals surface area contributed by atoms with Crippen LogP contribution in [0.1, 0.15) is 31.9 Å². The molecule has 1 N–H and O–H groups in total. The summed E-state index contributed by atoms with van der Waals surface area (Å²) in [6, 6.07) is 11.6. The zero-order chi connectivity index (χ0) is 25.6. The minimum atomic E-state index is -3.84. The molecule has 0 spiro atoms. The van der Waals surface area contributed by atoms with E-state index < -0.39 is 28.5 Å². The van der Waals surface area contributed by atoms with Gasteiger partial charge in [-0.3, -0.25) is 13.9 Å². The van der Waals surface area contributed by atoms with Crippen LogP contribution >= 0.6 is 15.9 Å². The largest absolute Gasteiger partial charge is 0.495 e. The van der Waals surface area contributed by atoms with Crippen LogP contribution in [0.4, 0.5) is 5.69 Å². The highest BCUT2D eigenvalue weighted by atomic mass is 79.9. The van der Waals surface area contributed by atoms with E-state index >= 15 is 0 Å². The molecular formula is C24H32BrN3O5S. The van der Waals surface area contributed by atoms with E-state index in [0.717, 1.165) is 26.2 Å². The number of methoxy groups -OCH3 is 1. The number of aryl methyl sites for hydroxylation is 1. The Labute approximate surface area is 210 Å². The lowest BCUT2D eigenvalue weighted by atomic mass is 10.1. The molecule has 0 aliphatic carbocycles. The number of ether oxygens (including phenoxy) is 1. The lowest BCUT2D eigenvalue weighted by molar-refractivity contribution is -0.139. The fourth-order valence-corrected chi connectivity index (χ4v) is 4.70. The van der Waals surface area contributed by atoms with Crippen molar-refractivity contribution in [3.05, 3.63) is 58.1 Å². The maximum atomic E-state index is 13.6. The molecule has 2 amide bonds. The number of nitrogens with one attached hydrogen (secondary N) is 1. The molecule has 0 fully saturated rings. The highest BCUT2D eigenvalue weighted by Crippen LogP contribution is 2.31. The Morgan fingerprint density at radius 3 is 2.35 bits per heavy atom. The van der Waals surface area contributed by atoms with Crippen molar-refractivity contribution in [2.24, 2.45) is 0 Å². The van der Waals surface area contributed by atoms with Gasteiger partial charge >= 0.3 is 0 Å². The molecule has 0 bridgehead atoms. The van der Waals surface area contributed by atoms with Crippen LogP contribution in [-0.2, 0) is 26.2 Å². The van der Waals surface area contributed by atoms with Crippen molar-refractivity contribution in [3.63, 3.8) is 0 Å². The van der Waals surface area contributed by atoms with Gasteiger partial charge in [0.1, 0.15) is 18.3 Å². The molecular weight excluding hydrogens is 522 g/mol. The van der Waals surface area contributed by atoms with Crippen molar-refractivity contribution < 1.29 is 22.7 Å². The van der Waals surface area contributed by atoms with Gasteiger partial charge in [0.25, 0.3) is 0 Å². The van der Waals surface area contributed by atoms with Gasteiger partial charge in [-0.2, -0.15) is 0 Å². The highest BCUT2D eigenvalue weighted by Gasteiger charge is 2.31. The zero-order valence-corrected chi connectivity index (χ0v) is 22.7. The fraction of sp³-hybridized carbons (Fsp3) is 0.417.